The number of Topliss-reactive ketones (excluding diaryl/α,β-unsaturated/α-hetero) is 1. The normalized spacial score (nSPS) is 12.2. The van der Waals surface area contributed by atoms with Crippen LogP contribution in [0.5, 0.6) is 11.8 Å². The number of rotatable bonds is 9. The molecule has 36 heavy (non-hydrogen) atoms. The molecule has 1 heterocycles. The smallest absolute Gasteiger partial charge is 0.278 e. The number of carbonyl (C=O) groups excluding carboxylic acids is 2. The molecular weight excluding hydrogens is 533 g/mol. The first-order valence-corrected chi connectivity index (χ1v) is 12.9. The van der Waals surface area contributed by atoms with Crippen LogP contribution in [0.15, 0.2) is 30.3 Å². The molecule has 11 nitrogen and oxygen atoms in total. The maximum absolute atomic E-state index is 13.2. The third-order valence-corrected chi connectivity index (χ3v) is 7.08. The fraction of sp³-hybridized carbons (Fsp3) is 0.273. The minimum atomic E-state index is -4.09. The number of methoxy groups -OCH3 is 2. The number of nitrogens with two attached hydrogens (primary N) is 1. The molecule has 1 atom stereocenters. The van der Waals surface area contributed by atoms with Gasteiger partial charge in [0.15, 0.2) is 5.78 Å². The second-order valence-electron chi connectivity index (χ2n) is 7.52. The van der Waals surface area contributed by atoms with Gasteiger partial charge in [-0.05, 0) is 12.1 Å². The van der Waals surface area contributed by atoms with Gasteiger partial charge in [-0.3, -0.25) is 13.9 Å². The Morgan fingerprint density at radius 3 is 2.25 bits per heavy atom. The summed E-state index contributed by atoms with van der Waals surface area (Å²) in [6.07, 6.45) is 0.917. The van der Waals surface area contributed by atoms with E-state index in [-0.39, 0.29) is 49.7 Å². The summed E-state index contributed by atoms with van der Waals surface area (Å²) in [5, 5.41) is 2.29. The van der Waals surface area contributed by atoms with Gasteiger partial charge in [-0.1, -0.05) is 41.4 Å². The minimum Gasteiger partial charge on any atom is -0.477 e. The first-order chi connectivity index (χ1) is 16.9. The Morgan fingerprint density at radius 1 is 1.11 bits per heavy atom. The summed E-state index contributed by atoms with van der Waals surface area (Å²) < 4.78 is 37.0. The van der Waals surface area contributed by atoms with Gasteiger partial charge in [0.2, 0.25) is 10.0 Å². The Hall–Kier alpha value is -3.19. The highest BCUT2D eigenvalue weighted by molar-refractivity contribution is 7.92. The van der Waals surface area contributed by atoms with Gasteiger partial charge >= 0.3 is 0 Å². The molecule has 1 amide bonds. The molecule has 0 fully saturated rings. The minimum absolute atomic E-state index is 0.0146. The number of halogens is 2. The van der Waals surface area contributed by atoms with Crippen LogP contribution >= 0.6 is 23.2 Å². The topological polar surface area (TPSA) is 154 Å². The lowest BCUT2D eigenvalue weighted by Crippen LogP contribution is -2.45. The van der Waals surface area contributed by atoms with Gasteiger partial charge in [0, 0.05) is 12.6 Å². The van der Waals surface area contributed by atoms with E-state index in [1.807, 2.05) is 0 Å². The molecule has 0 radical (unpaired) electrons. The van der Waals surface area contributed by atoms with Crippen molar-refractivity contribution in [3.05, 3.63) is 51.5 Å². The predicted octanol–water partition coefficient (Wildman–Crippen LogP) is 2.29. The van der Waals surface area contributed by atoms with Crippen molar-refractivity contribution in [2.24, 2.45) is 5.73 Å². The molecule has 0 aliphatic rings. The highest BCUT2D eigenvalue weighted by Gasteiger charge is 2.31. The molecule has 3 rings (SSSR count). The quantitative estimate of drug-likeness (QED) is 0.378. The van der Waals surface area contributed by atoms with E-state index >= 15 is 0 Å². The number of fused-ring (bicyclic) bond motifs is 1. The lowest BCUT2D eigenvalue weighted by Gasteiger charge is -2.27. The number of nitrogens with one attached hydrogen (secondary N) is 1. The molecule has 2 aromatic carbocycles. The Balaban J connectivity index is 2.17. The number of nitrogens with zero attached hydrogens (tertiary/aromatic N) is 3. The van der Waals surface area contributed by atoms with Crippen molar-refractivity contribution in [2.75, 3.05) is 38.4 Å². The lowest BCUT2D eigenvalue weighted by atomic mass is 9.98. The third kappa shape index (κ3) is 5.31. The zero-order chi connectivity index (χ0) is 26.8. The number of anilines is 1. The molecule has 0 aliphatic carbocycles. The molecule has 0 saturated heterocycles. The predicted molar refractivity (Wildman–Crippen MR) is 137 cm³/mol. The SMILES string of the molecule is CNC(=O)c1ccccc1C(=O)C(N)CN(c1c(Cl)c(Cl)cc2nc(OC)c(OC)nc12)S(C)(=O)=O. The number of aromatic nitrogens is 2. The Labute approximate surface area is 217 Å². The highest BCUT2D eigenvalue weighted by Crippen LogP contribution is 2.41. The summed E-state index contributed by atoms with van der Waals surface area (Å²) in [5.74, 6) is -1.14. The third-order valence-electron chi connectivity index (χ3n) is 5.17. The van der Waals surface area contributed by atoms with Gasteiger partial charge < -0.3 is 20.5 Å². The molecule has 0 bridgehead atoms. The molecule has 14 heteroatoms. The average molecular weight is 556 g/mol. The fourth-order valence-corrected chi connectivity index (χ4v) is 4.90. The Morgan fingerprint density at radius 2 is 1.69 bits per heavy atom. The number of ether oxygens (including phenoxy) is 2. The van der Waals surface area contributed by atoms with Crippen LogP contribution in [-0.2, 0) is 10.0 Å². The van der Waals surface area contributed by atoms with Crippen LogP contribution in [0.4, 0.5) is 5.69 Å². The fourth-order valence-electron chi connectivity index (χ4n) is 3.47. The van der Waals surface area contributed by atoms with Crippen LogP contribution < -0.4 is 24.8 Å². The van der Waals surface area contributed by atoms with Crippen LogP contribution in [-0.4, -0.2) is 70.2 Å². The Bertz CT molecular complexity index is 1450. The summed E-state index contributed by atoms with van der Waals surface area (Å²) in [4.78, 5) is 34.1. The molecule has 1 aromatic heterocycles. The van der Waals surface area contributed by atoms with E-state index in [1.54, 1.807) is 12.1 Å². The van der Waals surface area contributed by atoms with Crippen molar-refractivity contribution in [1.82, 2.24) is 15.3 Å². The summed E-state index contributed by atoms with van der Waals surface area (Å²) in [7, 11) is 0.0328. The van der Waals surface area contributed by atoms with Crippen LogP contribution in [0.25, 0.3) is 11.0 Å². The first kappa shape index (κ1) is 27.4. The van der Waals surface area contributed by atoms with Gasteiger partial charge in [0.05, 0.1) is 59.9 Å². The molecular formula is C22H23Cl2N5O6S. The second kappa shape index (κ2) is 10.8. The maximum atomic E-state index is 13.2. The van der Waals surface area contributed by atoms with Crippen LogP contribution in [0.2, 0.25) is 10.0 Å². The summed E-state index contributed by atoms with van der Waals surface area (Å²) in [6.45, 7) is -0.537. The standard InChI is InChI=1S/C22H23Cl2N5O6S/c1-26-20(31)12-8-6-5-7-11(12)19(30)14(25)10-29(36(4,32)33)18-16(24)13(23)9-15-17(18)28-22(35-3)21(27-15)34-2/h5-9,14H,10,25H2,1-4H3,(H,26,31). The summed E-state index contributed by atoms with van der Waals surface area (Å²) >= 11 is 12.7. The second-order valence-corrected chi connectivity index (χ2v) is 10.2. The van der Waals surface area contributed by atoms with Crippen molar-refractivity contribution >= 4 is 61.6 Å². The van der Waals surface area contributed by atoms with Crippen LogP contribution in [0, 0.1) is 0 Å². The van der Waals surface area contributed by atoms with E-state index < -0.39 is 34.3 Å². The number of carbonyl (C=O) groups is 2. The molecule has 3 N–H and O–H groups in total. The van der Waals surface area contributed by atoms with Gasteiger partial charge in [0.25, 0.3) is 17.7 Å². The molecule has 192 valence electrons. The van der Waals surface area contributed by atoms with Crippen molar-refractivity contribution in [3.8, 4) is 11.8 Å². The van der Waals surface area contributed by atoms with Gasteiger partial charge in [-0.2, -0.15) is 0 Å². The van der Waals surface area contributed by atoms with Gasteiger partial charge in [0.1, 0.15) is 5.52 Å². The number of ketones is 1. The van der Waals surface area contributed by atoms with Gasteiger partial charge in [-0.15, -0.1) is 0 Å². The largest absolute Gasteiger partial charge is 0.477 e. The monoisotopic (exact) mass is 555 g/mol. The van der Waals surface area contributed by atoms with Crippen molar-refractivity contribution < 1.29 is 27.5 Å². The number of amides is 1. The van der Waals surface area contributed by atoms with E-state index in [0.29, 0.717) is 0 Å². The van der Waals surface area contributed by atoms with Crippen molar-refractivity contribution in [3.63, 3.8) is 0 Å². The van der Waals surface area contributed by atoms with Crippen molar-refractivity contribution in [1.29, 1.82) is 0 Å². The van der Waals surface area contributed by atoms with E-state index in [1.165, 1.54) is 39.5 Å². The molecule has 0 saturated carbocycles. The molecule has 0 aliphatic heterocycles. The highest BCUT2D eigenvalue weighted by atomic mass is 35.5. The lowest BCUT2D eigenvalue weighted by molar-refractivity contribution is 0.0930. The number of sulfonamides is 1. The number of hydrogen-bond donors (Lipinski definition) is 2. The van der Waals surface area contributed by atoms with E-state index in [0.717, 1.165) is 10.6 Å². The van der Waals surface area contributed by atoms with E-state index in [9.17, 15) is 18.0 Å². The first-order valence-electron chi connectivity index (χ1n) is 10.3. The molecule has 0 spiro atoms. The number of hydrogen-bond acceptors (Lipinski definition) is 9. The van der Waals surface area contributed by atoms with E-state index in [4.69, 9.17) is 38.4 Å². The summed E-state index contributed by atoms with van der Waals surface area (Å²) in [5.41, 5.74) is 6.36. The number of benzene rings is 2. The molecule has 1 unspecified atom stereocenters. The zero-order valence-corrected chi connectivity index (χ0v) is 22.0. The van der Waals surface area contributed by atoms with Crippen LogP contribution in [0.1, 0.15) is 20.7 Å². The van der Waals surface area contributed by atoms with E-state index in [2.05, 4.69) is 15.3 Å². The maximum Gasteiger partial charge on any atom is 0.278 e. The Kier molecular flexibility index (Phi) is 8.24. The zero-order valence-electron chi connectivity index (χ0n) is 19.7. The van der Waals surface area contributed by atoms with Gasteiger partial charge in [-0.25, -0.2) is 18.4 Å². The van der Waals surface area contributed by atoms with Crippen molar-refractivity contribution in [2.45, 2.75) is 6.04 Å². The average Bonchev–Trinajstić information content (AvgIpc) is 2.86. The molecule has 3 aromatic rings. The summed E-state index contributed by atoms with van der Waals surface area (Å²) in [6, 6.07) is 6.06. The van der Waals surface area contributed by atoms with Crippen LogP contribution in [0.3, 0.4) is 0 Å².